The summed E-state index contributed by atoms with van der Waals surface area (Å²) in [6, 6.07) is 1.73. The van der Waals surface area contributed by atoms with Gasteiger partial charge in [-0.15, -0.1) is 0 Å². The van der Waals surface area contributed by atoms with Gasteiger partial charge >= 0.3 is 5.97 Å². The second kappa shape index (κ2) is 5.41. The fourth-order valence-corrected chi connectivity index (χ4v) is 3.74. The molecule has 0 unspecified atom stereocenters. The predicted molar refractivity (Wildman–Crippen MR) is 79.6 cm³/mol. The highest BCUT2D eigenvalue weighted by Crippen LogP contribution is 2.50. The van der Waals surface area contributed by atoms with Crippen LogP contribution < -0.4 is 9.47 Å². The van der Waals surface area contributed by atoms with Crippen molar-refractivity contribution in [1.82, 2.24) is 0 Å². The van der Waals surface area contributed by atoms with Gasteiger partial charge < -0.3 is 14.6 Å². The largest absolute Gasteiger partial charge is 0.486 e. The van der Waals surface area contributed by atoms with Gasteiger partial charge in [0.15, 0.2) is 11.5 Å². The summed E-state index contributed by atoms with van der Waals surface area (Å²) in [4.78, 5) is 12.1. The molecule has 1 N–H and O–H groups in total. The fraction of sp³-hybridized carbons (Fsp3) is 0.562. The minimum atomic E-state index is -0.905. The van der Waals surface area contributed by atoms with Crippen LogP contribution in [-0.2, 0) is 10.2 Å². The predicted octanol–water partition coefficient (Wildman–Crippen LogP) is 3.71. The number of hydrogen-bond acceptors (Lipinski definition) is 3. The summed E-state index contributed by atoms with van der Waals surface area (Å²) in [6.45, 7) is 2.78. The minimum Gasteiger partial charge on any atom is -0.486 e. The van der Waals surface area contributed by atoms with E-state index in [4.69, 9.17) is 21.1 Å². The number of carboxylic acid groups (broad SMARTS) is 1. The number of rotatable bonds is 2. The van der Waals surface area contributed by atoms with Crippen molar-refractivity contribution in [2.24, 2.45) is 0 Å². The first kappa shape index (κ1) is 14.5. The number of fused-ring (bicyclic) bond motifs is 1. The molecule has 1 saturated carbocycles. The average molecular weight is 311 g/mol. The molecule has 0 aromatic heterocycles. The molecule has 0 saturated heterocycles. The number of benzene rings is 1. The third-order valence-corrected chi connectivity index (χ3v) is 5.02. The molecule has 4 nitrogen and oxygen atoms in total. The van der Waals surface area contributed by atoms with Crippen molar-refractivity contribution in [2.75, 3.05) is 13.2 Å². The number of carbonyl (C=O) groups is 1. The second-order valence-corrected chi connectivity index (χ2v) is 6.24. The van der Waals surface area contributed by atoms with E-state index >= 15 is 0 Å². The summed E-state index contributed by atoms with van der Waals surface area (Å²) in [5.41, 5.74) is 0.611. The molecule has 5 heteroatoms. The van der Waals surface area contributed by atoms with Gasteiger partial charge in [0.2, 0.25) is 0 Å². The Balaban J connectivity index is 2.24. The molecule has 1 fully saturated rings. The summed E-state index contributed by atoms with van der Waals surface area (Å²) in [6.07, 6.45) is 4.15. The van der Waals surface area contributed by atoms with E-state index in [0.717, 1.165) is 30.4 Å². The van der Waals surface area contributed by atoms with E-state index in [0.29, 0.717) is 42.6 Å². The molecule has 1 aliphatic carbocycles. The monoisotopic (exact) mass is 310 g/mol. The first-order chi connectivity index (χ1) is 10.1. The average Bonchev–Trinajstić information content (AvgIpc) is 2.49. The molecule has 0 atom stereocenters. The smallest absolute Gasteiger partial charge is 0.314 e. The Hall–Kier alpha value is -1.42. The Morgan fingerprint density at radius 1 is 1.24 bits per heavy atom. The lowest BCUT2D eigenvalue weighted by molar-refractivity contribution is -0.145. The molecule has 0 bridgehead atoms. The van der Waals surface area contributed by atoms with E-state index in [1.54, 1.807) is 6.07 Å². The highest BCUT2D eigenvalue weighted by molar-refractivity contribution is 6.31. The van der Waals surface area contributed by atoms with Crippen LogP contribution in [0.25, 0.3) is 0 Å². The lowest BCUT2D eigenvalue weighted by atomic mass is 9.67. The van der Waals surface area contributed by atoms with Crippen LogP contribution in [0.15, 0.2) is 6.07 Å². The Morgan fingerprint density at radius 3 is 2.57 bits per heavy atom. The second-order valence-electron chi connectivity index (χ2n) is 5.83. The molecule has 114 valence electrons. The van der Waals surface area contributed by atoms with Gasteiger partial charge in [-0.2, -0.15) is 0 Å². The summed E-state index contributed by atoms with van der Waals surface area (Å²) in [5.74, 6) is 0.356. The highest BCUT2D eigenvalue weighted by atomic mass is 35.5. The SMILES string of the molecule is Cc1c(Cl)cc2c(c1C1(C(=O)O)CCCCC1)OCCO2. The molecule has 0 spiro atoms. The van der Waals surface area contributed by atoms with Crippen molar-refractivity contribution in [3.05, 3.63) is 22.2 Å². The van der Waals surface area contributed by atoms with Crippen LogP contribution >= 0.6 is 11.6 Å². The zero-order chi connectivity index (χ0) is 15.0. The van der Waals surface area contributed by atoms with Gasteiger partial charge in [0.05, 0.1) is 5.41 Å². The van der Waals surface area contributed by atoms with Crippen molar-refractivity contribution in [2.45, 2.75) is 44.4 Å². The Morgan fingerprint density at radius 2 is 1.90 bits per heavy atom. The molecule has 1 aromatic rings. The van der Waals surface area contributed by atoms with E-state index in [9.17, 15) is 9.90 Å². The zero-order valence-electron chi connectivity index (χ0n) is 12.1. The standard InChI is InChI=1S/C16H19ClO4/c1-10-11(17)9-12-14(21-8-7-20-12)13(10)16(15(18)19)5-3-2-4-6-16/h9H,2-8H2,1H3,(H,18,19). The van der Waals surface area contributed by atoms with Crippen molar-refractivity contribution < 1.29 is 19.4 Å². The molecule has 1 aliphatic heterocycles. The van der Waals surface area contributed by atoms with Crippen molar-refractivity contribution in [3.8, 4) is 11.5 Å². The highest BCUT2D eigenvalue weighted by Gasteiger charge is 2.46. The first-order valence-corrected chi connectivity index (χ1v) is 7.76. The van der Waals surface area contributed by atoms with Gasteiger partial charge in [-0.05, 0) is 25.3 Å². The van der Waals surface area contributed by atoms with E-state index in [1.807, 2.05) is 6.92 Å². The van der Waals surface area contributed by atoms with E-state index in [2.05, 4.69) is 0 Å². The number of hydrogen-bond donors (Lipinski definition) is 1. The minimum absolute atomic E-state index is 0.441. The Bertz CT molecular complexity index is 576. The van der Waals surface area contributed by atoms with Gasteiger partial charge in [-0.3, -0.25) is 4.79 Å². The Kier molecular flexibility index (Phi) is 3.74. The lowest BCUT2D eigenvalue weighted by Gasteiger charge is -2.37. The van der Waals surface area contributed by atoms with Gasteiger partial charge in [-0.25, -0.2) is 0 Å². The van der Waals surface area contributed by atoms with Crippen LogP contribution in [-0.4, -0.2) is 24.3 Å². The normalized spacial score (nSPS) is 20.1. The molecular formula is C16H19ClO4. The van der Waals surface area contributed by atoms with Crippen molar-refractivity contribution in [1.29, 1.82) is 0 Å². The van der Waals surface area contributed by atoms with Crippen LogP contribution in [0.3, 0.4) is 0 Å². The number of aliphatic carboxylic acids is 1. The summed E-state index contributed by atoms with van der Waals surface area (Å²) < 4.78 is 11.4. The number of halogens is 1. The van der Waals surface area contributed by atoms with Gasteiger partial charge in [0.1, 0.15) is 13.2 Å². The molecule has 21 heavy (non-hydrogen) atoms. The lowest BCUT2D eigenvalue weighted by Crippen LogP contribution is -2.39. The molecular weight excluding hydrogens is 292 g/mol. The first-order valence-electron chi connectivity index (χ1n) is 7.39. The maximum Gasteiger partial charge on any atom is 0.314 e. The van der Waals surface area contributed by atoms with Crippen LogP contribution in [0, 0.1) is 6.92 Å². The van der Waals surface area contributed by atoms with Crippen LogP contribution in [0.1, 0.15) is 43.2 Å². The summed E-state index contributed by atoms with van der Waals surface area (Å²) >= 11 is 6.31. The van der Waals surface area contributed by atoms with E-state index < -0.39 is 11.4 Å². The van der Waals surface area contributed by atoms with E-state index in [-0.39, 0.29) is 0 Å². The fourth-order valence-electron chi connectivity index (χ4n) is 3.55. The van der Waals surface area contributed by atoms with Crippen LogP contribution in [0.5, 0.6) is 11.5 Å². The summed E-state index contributed by atoms with van der Waals surface area (Å²) in [5, 5.41) is 10.5. The van der Waals surface area contributed by atoms with Crippen LogP contribution in [0.4, 0.5) is 0 Å². The van der Waals surface area contributed by atoms with E-state index in [1.165, 1.54) is 0 Å². The molecule has 2 aliphatic rings. The maximum atomic E-state index is 12.1. The number of ether oxygens (including phenoxy) is 2. The van der Waals surface area contributed by atoms with Gasteiger partial charge in [0.25, 0.3) is 0 Å². The maximum absolute atomic E-state index is 12.1. The van der Waals surface area contributed by atoms with Gasteiger partial charge in [0, 0.05) is 16.7 Å². The third kappa shape index (κ3) is 2.26. The number of carboxylic acids is 1. The van der Waals surface area contributed by atoms with Crippen molar-refractivity contribution in [3.63, 3.8) is 0 Å². The molecule has 0 radical (unpaired) electrons. The molecule has 1 heterocycles. The molecule has 3 rings (SSSR count). The molecule has 0 amide bonds. The summed E-state index contributed by atoms with van der Waals surface area (Å²) in [7, 11) is 0. The van der Waals surface area contributed by atoms with Crippen molar-refractivity contribution >= 4 is 17.6 Å². The topological polar surface area (TPSA) is 55.8 Å². The zero-order valence-corrected chi connectivity index (χ0v) is 12.8. The molecule has 1 aromatic carbocycles. The quantitative estimate of drug-likeness (QED) is 0.905. The Labute approximate surface area is 129 Å². The van der Waals surface area contributed by atoms with Crippen LogP contribution in [0.2, 0.25) is 5.02 Å². The van der Waals surface area contributed by atoms with Gasteiger partial charge in [-0.1, -0.05) is 30.9 Å². The third-order valence-electron chi connectivity index (χ3n) is 4.62.